The summed E-state index contributed by atoms with van der Waals surface area (Å²) in [5.74, 6) is 0. The molecule has 0 radical (unpaired) electrons. The van der Waals surface area contributed by atoms with Crippen molar-refractivity contribution in [1.29, 1.82) is 0 Å². The summed E-state index contributed by atoms with van der Waals surface area (Å²) in [7, 11) is 5.05. The number of rotatable bonds is 2. The van der Waals surface area contributed by atoms with Crippen molar-refractivity contribution in [2.45, 2.75) is 42.8 Å². The minimum Gasteiger partial charge on any atom is -0.390 e. The van der Waals surface area contributed by atoms with Crippen LogP contribution in [-0.4, -0.2) is 71.3 Å². The zero-order valence-corrected chi connectivity index (χ0v) is 12.3. The van der Waals surface area contributed by atoms with Crippen LogP contribution in [0.1, 0.15) is 12.8 Å². The van der Waals surface area contributed by atoms with Crippen molar-refractivity contribution >= 4 is 16.9 Å². The molecule has 0 aliphatic carbocycles. The lowest BCUT2D eigenvalue weighted by atomic mass is 10.00. The van der Waals surface area contributed by atoms with Crippen LogP contribution in [0.2, 0.25) is 0 Å². The van der Waals surface area contributed by atoms with Crippen molar-refractivity contribution in [1.82, 2.24) is 4.90 Å². The topological polar surface area (TPSA) is 65.3 Å². The Balaban J connectivity index is 2.71. The third-order valence-electron chi connectivity index (χ3n) is 2.78. The third-order valence-corrected chi connectivity index (χ3v) is 4.10. The molecule has 2 unspecified atom stereocenters. The van der Waals surface area contributed by atoms with Crippen molar-refractivity contribution < 1.29 is 28.1 Å². The number of halogens is 3. The van der Waals surface area contributed by atoms with Crippen LogP contribution in [0.5, 0.6) is 0 Å². The van der Waals surface area contributed by atoms with E-state index >= 15 is 0 Å². The van der Waals surface area contributed by atoms with Gasteiger partial charge in [-0.05, 0) is 0 Å². The zero-order valence-electron chi connectivity index (χ0n) is 11.5. The standard InChI is InChI=1S/C11H19F3N2O3S/c1-15-10(16(2)3)20-8-4-6(17)9(18)7(19-8)5-11(12,13)14/h6-9,17-18H,4-5H2,1-3H3/t6?,7?,8-,9+/m1/s1. The molecule has 20 heavy (non-hydrogen) atoms. The molecule has 0 aromatic rings. The number of alkyl halides is 3. The smallest absolute Gasteiger partial charge is 0.390 e. The Morgan fingerprint density at radius 3 is 2.45 bits per heavy atom. The van der Waals surface area contributed by atoms with Gasteiger partial charge in [0.2, 0.25) is 0 Å². The maximum atomic E-state index is 12.4. The maximum absolute atomic E-state index is 12.4. The van der Waals surface area contributed by atoms with E-state index < -0.39 is 36.3 Å². The Hall–Kier alpha value is -0.510. The molecule has 0 spiro atoms. The fourth-order valence-corrected chi connectivity index (χ4v) is 2.91. The van der Waals surface area contributed by atoms with Crippen LogP contribution in [0.4, 0.5) is 13.2 Å². The first-order chi connectivity index (χ1) is 9.14. The Labute approximate surface area is 119 Å². The molecule has 1 aliphatic rings. The Morgan fingerprint density at radius 1 is 1.40 bits per heavy atom. The van der Waals surface area contributed by atoms with Crippen molar-refractivity contribution in [2.75, 3.05) is 21.1 Å². The Morgan fingerprint density at radius 2 is 2.00 bits per heavy atom. The zero-order chi connectivity index (χ0) is 15.5. The number of hydrogen-bond donors (Lipinski definition) is 2. The lowest BCUT2D eigenvalue weighted by Crippen LogP contribution is -2.49. The summed E-state index contributed by atoms with van der Waals surface area (Å²) in [6, 6.07) is 0. The van der Waals surface area contributed by atoms with Gasteiger partial charge < -0.3 is 19.8 Å². The third kappa shape index (κ3) is 5.12. The summed E-state index contributed by atoms with van der Waals surface area (Å²) in [5.41, 5.74) is -0.679. The Kier molecular flexibility index (Phi) is 6.11. The average molecular weight is 316 g/mol. The lowest BCUT2D eigenvalue weighted by molar-refractivity contribution is -0.206. The van der Waals surface area contributed by atoms with Gasteiger partial charge >= 0.3 is 6.18 Å². The molecule has 4 atom stereocenters. The van der Waals surface area contributed by atoms with E-state index in [1.54, 1.807) is 26.0 Å². The molecule has 1 fully saturated rings. The second-order valence-electron chi connectivity index (χ2n) is 4.74. The summed E-state index contributed by atoms with van der Waals surface area (Å²) in [6.07, 6.45) is -9.93. The quantitative estimate of drug-likeness (QED) is 0.589. The molecule has 0 bridgehead atoms. The summed E-state index contributed by atoms with van der Waals surface area (Å²) in [4.78, 5) is 5.68. The van der Waals surface area contributed by atoms with Gasteiger partial charge in [-0.2, -0.15) is 13.2 Å². The summed E-state index contributed by atoms with van der Waals surface area (Å²) in [6.45, 7) is 0. The first-order valence-corrected chi connectivity index (χ1v) is 6.91. The molecule has 0 amide bonds. The van der Waals surface area contributed by atoms with Gasteiger partial charge in [0.05, 0.1) is 18.6 Å². The number of thioether (sulfide) groups is 1. The number of nitrogens with zero attached hydrogens (tertiary/aromatic N) is 2. The predicted molar refractivity (Wildman–Crippen MR) is 70.6 cm³/mol. The molecule has 0 saturated carbocycles. The van der Waals surface area contributed by atoms with Gasteiger partial charge in [0.15, 0.2) is 5.17 Å². The highest BCUT2D eigenvalue weighted by molar-refractivity contribution is 8.14. The van der Waals surface area contributed by atoms with Gasteiger partial charge in [0, 0.05) is 27.6 Å². The van der Waals surface area contributed by atoms with E-state index in [-0.39, 0.29) is 6.42 Å². The minimum absolute atomic E-state index is 0.0487. The van der Waals surface area contributed by atoms with Crippen LogP contribution >= 0.6 is 11.8 Å². The monoisotopic (exact) mass is 316 g/mol. The van der Waals surface area contributed by atoms with Crippen LogP contribution in [0.15, 0.2) is 4.99 Å². The van der Waals surface area contributed by atoms with Gasteiger partial charge in [-0.15, -0.1) is 0 Å². The number of amidine groups is 1. The van der Waals surface area contributed by atoms with Gasteiger partial charge in [0.25, 0.3) is 0 Å². The molecule has 0 aromatic carbocycles. The van der Waals surface area contributed by atoms with Crippen LogP contribution in [0.3, 0.4) is 0 Å². The molecular weight excluding hydrogens is 297 g/mol. The maximum Gasteiger partial charge on any atom is 0.391 e. The first-order valence-electron chi connectivity index (χ1n) is 6.03. The van der Waals surface area contributed by atoms with Gasteiger partial charge in [-0.1, -0.05) is 11.8 Å². The molecule has 1 aliphatic heterocycles. The van der Waals surface area contributed by atoms with E-state index in [1.807, 2.05) is 0 Å². The molecule has 9 heteroatoms. The molecule has 0 aromatic heterocycles. The van der Waals surface area contributed by atoms with Crippen LogP contribution in [-0.2, 0) is 4.74 Å². The Bertz CT molecular complexity index is 352. The van der Waals surface area contributed by atoms with E-state index in [1.165, 1.54) is 0 Å². The van der Waals surface area contributed by atoms with Crippen LogP contribution in [0, 0.1) is 0 Å². The molecule has 118 valence electrons. The molecule has 1 heterocycles. The van der Waals surface area contributed by atoms with Crippen LogP contribution < -0.4 is 0 Å². The fraction of sp³-hybridized carbons (Fsp3) is 0.909. The highest BCUT2D eigenvalue weighted by Gasteiger charge is 2.43. The lowest BCUT2D eigenvalue weighted by Gasteiger charge is -2.37. The SMILES string of the molecule is CN=C(S[C@@H]1CC(O)[C@H](O)C(CC(F)(F)F)O1)N(C)C. The average Bonchev–Trinajstić information content (AvgIpc) is 2.30. The van der Waals surface area contributed by atoms with Crippen molar-refractivity contribution in [2.24, 2.45) is 4.99 Å². The molecule has 2 N–H and O–H groups in total. The fourth-order valence-electron chi connectivity index (χ4n) is 1.86. The van der Waals surface area contributed by atoms with Crippen molar-refractivity contribution in [3.8, 4) is 0 Å². The number of aliphatic hydroxyl groups excluding tert-OH is 2. The van der Waals surface area contributed by atoms with E-state index in [9.17, 15) is 23.4 Å². The van der Waals surface area contributed by atoms with Gasteiger partial charge in [-0.25, -0.2) is 0 Å². The van der Waals surface area contributed by atoms with E-state index in [2.05, 4.69) is 4.99 Å². The number of aliphatic hydroxyl groups is 2. The highest BCUT2D eigenvalue weighted by atomic mass is 32.2. The summed E-state index contributed by atoms with van der Waals surface area (Å²) >= 11 is 1.12. The summed E-state index contributed by atoms with van der Waals surface area (Å²) < 4.78 is 42.5. The molecule has 5 nitrogen and oxygen atoms in total. The second-order valence-corrected chi connectivity index (χ2v) is 5.86. The van der Waals surface area contributed by atoms with E-state index in [0.29, 0.717) is 5.17 Å². The highest BCUT2D eigenvalue weighted by Crippen LogP contribution is 2.34. The van der Waals surface area contributed by atoms with Gasteiger partial charge in [0.1, 0.15) is 11.5 Å². The van der Waals surface area contributed by atoms with Crippen molar-refractivity contribution in [3.05, 3.63) is 0 Å². The molecule has 1 rings (SSSR count). The van der Waals surface area contributed by atoms with Gasteiger partial charge in [-0.3, -0.25) is 4.99 Å². The number of hydrogen-bond acceptors (Lipinski definition) is 5. The van der Waals surface area contributed by atoms with Crippen molar-refractivity contribution in [3.63, 3.8) is 0 Å². The first kappa shape index (κ1) is 17.5. The number of aliphatic imine (C=N–C) groups is 1. The molecule has 1 saturated heterocycles. The van der Waals surface area contributed by atoms with Crippen LogP contribution in [0.25, 0.3) is 0 Å². The number of ether oxygens (including phenoxy) is 1. The summed E-state index contributed by atoms with van der Waals surface area (Å²) in [5, 5.41) is 19.8. The second kappa shape index (κ2) is 6.97. The largest absolute Gasteiger partial charge is 0.391 e. The molecular formula is C11H19F3N2O3S. The normalized spacial score (nSPS) is 32.3. The van der Waals surface area contributed by atoms with E-state index in [4.69, 9.17) is 4.74 Å². The minimum atomic E-state index is -4.46. The van der Waals surface area contributed by atoms with E-state index in [0.717, 1.165) is 11.8 Å². The predicted octanol–water partition coefficient (Wildman–Crippen LogP) is 1.06.